The molecule has 0 aliphatic rings. The van der Waals surface area contributed by atoms with E-state index < -0.39 is 10.0 Å². The number of fused-ring (bicyclic) bond motifs is 1. The van der Waals surface area contributed by atoms with Crippen LogP contribution in [0.2, 0.25) is 0 Å². The van der Waals surface area contributed by atoms with Crippen molar-refractivity contribution in [1.82, 2.24) is 24.8 Å². The van der Waals surface area contributed by atoms with E-state index in [0.717, 1.165) is 5.56 Å². The second-order valence-electron chi connectivity index (χ2n) is 7.29. The third-order valence-corrected chi connectivity index (χ3v) is 6.43. The summed E-state index contributed by atoms with van der Waals surface area (Å²) in [4.78, 5) is 4.40. The maximum absolute atomic E-state index is 13.1. The van der Waals surface area contributed by atoms with E-state index in [-0.39, 0.29) is 4.90 Å². The SMILES string of the molecule is CCOc1ccccc1S(=O)(=O)Nc1cccc(-c2ccc3nnc(-c4ccccn4)n3n2)c1. The molecule has 3 heterocycles. The van der Waals surface area contributed by atoms with Crippen LogP contribution in [-0.4, -0.2) is 39.8 Å². The molecule has 0 aliphatic heterocycles. The van der Waals surface area contributed by atoms with Gasteiger partial charge in [-0.2, -0.15) is 9.61 Å². The summed E-state index contributed by atoms with van der Waals surface area (Å²) in [6.07, 6.45) is 1.68. The minimum absolute atomic E-state index is 0.0753. The molecule has 0 saturated heterocycles. The zero-order valence-corrected chi connectivity index (χ0v) is 19.0. The summed E-state index contributed by atoms with van der Waals surface area (Å²) in [6.45, 7) is 2.17. The highest BCUT2D eigenvalue weighted by atomic mass is 32.2. The van der Waals surface area contributed by atoms with Crippen molar-refractivity contribution in [3.63, 3.8) is 0 Å². The summed E-state index contributed by atoms with van der Waals surface area (Å²) in [7, 11) is -3.86. The fourth-order valence-corrected chi connectivity index (χ4v) is 4.69. The number of anilines is 1. The van der Waals surface area contributed by atoms with E-state index in [0.29, 0.717) is 40.9 Å². The molecule has 0 radical (unpaired) electrons. The summed E-state index contributed by atoms with van der Waals surface area (Å²) in [6, 6.07) is 22.7. The summed E-state index contributed by atoms with van der Waals surface area (Å²) in [5.41, 5.74) is 2.98. The normalized spacial score (nSPS) is 11.4. The van der Waals surface area contributed by atoms with Crippen molar-refractivity contribution in [2.45, 2.75) is 11.8 Å². The van der Waals surface area contributed by atoms with E-state index in [9.17, 15) is 8.42 Å². The Morgan fingerprint density at radius 2 is 1.76 bits per heavy atom. The van der Waals surface area contributed by atoms with Gasteiger partial charge in [0.2, 0.25) is 5.82 Å². The van der Waals surface area contributed by atoms with Crippen LogP contribution in [-0.2, 0) is 10.0 Å². The Kier molecular flexibility index (Phi) is 5.64. The molecule has 0 amide bonds. The van der Waals surface area contributed by atoms with Gasteiger partial charge in [0.1, 0.15) is 16.3 Å². The maximum Gasteiger partial charge on any atom is 0.265 e. The van der Waals surface area contributed by atoms with Gasteiger partial charge in [0, 0.05) is 17.4 Å². The fourth-order valence-electron chi connectivity index (χ4n) is 3.50. The summed E-state index contributed by atoms with van der Waals surface area (Å²) < 4.78 is 35.8. The first-order valence-corrected chi connectivity index (χ1v) is 12.0. The minimum atomic E-state index is -3.86. The molecule has 9 nitrogen and oxygen atoms in total. The number of hydrogen-bond acceptors (Lipinski definition) is 7. The first-order valence-electron chi connectivity index (χ1n) is 10.5. The monoisotopic (exact) mass is 472 g/mol. The first-order chi connectivity index (χ1) is 16.5. The van der Waals surface area contributed by atoms with Crippen molar-refractivity contribution >= 4 is 21.4 Å². The number of nitrogens with one attached hydrogen (secondary N) is 1. The van der Waals surface area contributed by atoms with Gasteiger partial charge < -0.3 is 4.74 Å². The molecule has 2 aromatic carbocycles. The standard InChI is InChI=1S/C24H20N6O3S/c1-2-33-21-11-3-4-12-22(21)34(31,32)29-18-9-7-8-17(16-18)19-13-14-23-26-27-24(30(23)28-19)20-10-5-6-15-25-20/h3-16,29H,2H2,1H3. The van der Waals surface area contributed by atoms with Crippen LogP contribution in [0.5, 0.6) is 5.75 Å². The van der Waals surface area contributed by atoms with Gasteiger partial charge in [-0.25, -0.2) is 8.42 Å². The average Bonchev–Trinajstić information content (AvgIpc) is 3.28. The lowest BCUT2D eigenvalue weighted by Gasteiger charge is -2.13. The molecule has 0 unspecified atom stereocenters. The van der Waals surface area contributed by atoms with E-state index in [1.165, 1.54) is 6.07 Å². The third kappa shape index (κ3) is 4.18. The summed E-state index contributed by atoms with van der Waals surface area (Å²) >= 11 is 0. The molecule has 0 aliphatic carbocycles. The van der Waals surface area contributed by atoms with E-state index in [2.05, 4.69) is 25.0 Å². The average molecular weight is 473 g/mol. The molecule has 3 aromatic heterocycles. The number of ether oxygens (including phenoxy) is 1. The Balaban J connectivity index is 1.49. The lowest BCUT2D eigenvalue weighted by Crippen LogP contribution is -2.14. The molecule has 0 bridgehead atoms. The second kappa shape index (κ2) is 8.91. The van der Waals surface area contributed by atoms with E-state index in [1.807, 2.05) is 30.3 Å². The topological polar surface area (TPSA) is 111 Å². The van der Waals surface area contributed by atoms with Crippen molar-refractivity contribution in [2.24, 2.45) is 0 Å². The Morgan fingerprint density at radius 1 is 0.912 bits per heavy atom. The van der Waals surface area contributed by atoms with Crippen molar-refractivity contribution in [3.05, 3.63) is 85.1 Å². The smallest absolute Gasteiger partial charge is 0.265 e. The number of hydrogen-bond donors (Lipinski definition) is 1. The number of benzene rings is 2. The van der Waals surface area contributed by atoms with Gasteiger partial charge in [-0.05, 0) is 55.5 Å². The molecule has 170 valence electrons. The van der Waals surface area contributed by atoms with Crippen LogP contribution in [0.4, 0.5) is 5.69 Å². The van der Waals surface area contributed by atoms with Crippen LogP contribution >= 0.6 is 0 Å². The Bertz CT molecular complexity index is 1570. The molecule has 0 fully saturated rings. The molecule has 5 aromatic rings. The zero-order valence-electron chi connectivity index (χ0n) is 18.2. The van der Waals surface area contributed by atoms with Crippen LogP contribution < -0.4 is 9.46 Å². The molecular formula is C24H20N6O3S. The van der Waals surface area contributed by atoms with E-state index in [4.69, 9.17) is 4.74 Å². The van der Waals surface area contributed by atoms with Crippen molar-refractivity contribution < 1.29 is 13.2 Å². The molecule has 10 heteroatoms. The van der Waals surface area contributed by atoms with Crippen LogP contribution in [0.15, 0.2) is 90.0 Å². The highest BCUT2D eigenvalue weighted by Crippen LogP contribution is 2.28. The predicted octanol–water partition coefficient (Wildman–Crippen LogP) is 4.05. The molecule has 0 atom stereocenters. The molecule has 5 rings (SSSR count). The lowest BCUT2D eigenvalue weighted by molar-refractivity contribution is 0.331. The minimum Gasteiger partial charge on any atom is -0.492 e. The third-order valence-electron chi connectivity index (χ3n) is 5.01. The Labute approximate surface area is 196 Å². The van der Waals surface area contributed by atoms with Gasteiger partial charge in [-0.15, -0.1) is 10.2 Å². The number of aromatic nitrogens is 5. The summed E-state index contributed by atoms with van der Waals surface area (Å²) in [5, 5.41) is 13.0. The molecule has 0 spiro atoms. The highest BCUT2D eigenvalue weighted by molar-refractivity contribution is 7.92. The Hall–Kier alpha value is -4.31. The van der Waals surface area contributed by atoms with Crippen LogP contribution in [0.3, 0.4) is 0 Å². The van der Waals surface area contributed by atoms with Gasteiger partial charge in [-0.3, -0.25) is 9.71 Å². The number of para-hydroxylation sites is 1. The molecule has 1 N–H and O–H groups in total. The van der Waals surface area contributed by atoms with E-state index in [1.54, 1.807) is 60.1 Å². The molecule has 0 saturated carbocycles. The highest BCUT2D eigenvalue weighted by Gasteiger charge is 2.20. The van der Waals surface area contributed by atoms with Gasteiger partial charge >= 0.3 is 0 Å². The Morgan fingerprint density at radius 3 is 2.59 bits per heavy atom. The van der Waals surface area contributed by atoms with Crippen molar-refractivity contribution in [3.8, 4) is 28.5 Å². The quantitative estimate of drug-likeness (QED) is 0.380. The van der Waals surface area contributed by atoms with Gasteiger partial charge in [-0.1, -0.05) is 30.3 Å². The van der Waals surface area contributed by atoms with Gasteiger partial charge in [0.05, 0.1) is 12.3 Å². The van der Waals surface area contributed by atoms with Crippen molar-refractivity contribution in [2.75, 3.05) is 11.3 Å². The summed E-state index contributed by atoms with van der Waals surface area (Å²) in [5.74, 6) is 0.817. The van der Waals surface area contributed by atoms with Crippen molar-refractivity contribution in [1.29, 1.82) is 0 Å². The van der Waals surface area contributed by atoms with Crippen LogP contribution in [0.1, 0.15) is 6.92 Å². The predicted molar refractivity (Wildman–Crippen MR) is 128 cm³/mol. The number of rotatable bonds is 7. The number of pyridine rings is 1. The van der Waals surface area contributed by atoms with Gasteiger partial charge in [0.25, 0.3) is 10.0 Å². The lowest BCUT2D eigenvalue weighted by atomic mass is 10.1. The first kappa shape index (κ1) is 21.5. The largest absolute Gasteiger partial charge is 0.492 e. The molecule has 34 heavy (non-hydrogen) atoms. The van der Waals surface area contributed by atoms with Gasteiger partial charge in [0.15, 0.2) is 5.65 Å². The molecular weight excluding hydrogens is 452 g/mol. The van der Waals surface area contributed by atoms with Crippen LogP contribution in [0, 0.1) is 0 Å². The van der Waals surface area contributed by atoms with E-state index >= 15 is 0 Å². The maximum atomic E-state index is 13.1. The number of nitrogens with zero attached hydrogens (tertiary/aromatic N) is 5. The fraction of sp³-hybridized carbons (Fsp3) is 0.0833. The number of sulfonamides is 1. The second-order valence-corrected chi connectivity index (χ2v) is 8.94. The zero-order chi connectivity index (χ0) is 23.5. The van der Waals surface area contributed by atoms with Crippen LogP contribution in [0.25, 0.3) is 28.4 Å².